The fourth-order valence-electron chi connectivity index (χ4n) is 2.35. The zero-order valence-corrected chi connectivity index (χ0v) is 12.4. The van der Waals surface area contributed by atoms with Crippen LogP contribution in [-0.2, 0) is 13.1 Å². The molecule has 100 valence electrons. The third-order valence-electron chi connectivity index (χ3n) is 3.25. The van der Waals surface area contributed by atoms with Gasteiger partial charge in [0.05, 0.1) is 12.3 Å². The van der Waals surface area contributed by atoms with Crippen molar-refractivity contribution in [1.29, 1.82) is 0 Å². The average Bonchev–Trinajstić information content (AvgIpc) is 2.78. The van der Waals surface area contributed by atoms with Gasteiger partial charge in [-0.1, -0.05) is 0 Å². The first-order valence-electron chi connectivity index (χ1n) is 6.48. The Morgan fingerprint density at radius 1 is 1.37 bits per heavy atom. The SMILES string of the molecule is CCOc1ccc(-c2nc(Br)c3n2CCNC3)cc1. The number of rotatable bonds is 3. The molecule has 1 aromatic carbocycles. The molecule has 19 heavy (non-hydrogen) atoms. The molecular formula is C14H16BrN3O. The minimum absolute atomic E-state index is 0.690. The molecule has 1 aliphatic heterocycles. The van der Waals surface area contributed by atoms with Crippen LogP contribution in [0.1, 0.15) is 12.6 Å². The Morgan fingerprint density at radius 2 is 2.16 bits per heavy atom. The molecule has 2 aromatic rings. The van der Waals surface area contributed by atoms with Crippen molar-refractivity contribution in [3.05, 3.63) is 34.6 Å². The Balaban J connectivity index is 1.97. The second-order valence-electron chi connectivity index (χ2n) is 4.46. The van der Waals surface area contributed by atoms with Crippen molar-refractivity contribution >= 4 is 15.9 Å². The molecule has 0 bridgehead atoms. The summed E-state index contributed by atoms with van der Waals surface area (Å²) in [6.45, 7) is 5.49. The fourth-order valence-corrected chi connectivity index (χ4v) is 2.87. The van der Waals surface area contributed by atoms with Crippen molar-refractivity contribution in [3.8, 4) is 17.1 Å². The van der Waals surface area contributed by atoms with Crippen LogP contribution in [-0.4, -0.2) is 22.7 Å². The number of nitrogens with zero attached hydrogens (tertiary/aromatic N) is 2. The number of nitrogens with one attached hydrogen (secondary N) is 1. The molecule has 0 spiro atoms. The number of benzene rings is 1. The number of halogens is 1. The Kier molecular flexibility index (Phi) is 3.57. The lowest BCUT2D eigenvalue weighted by Crippen LogP contribution is -2.28. The number of hydrogen-bond donors (Lipinski definition) is 1. The van der Waals surface area contributed by atoms with E-state index in [1.807, 2.05) is 19.1 Å². The summed E-state index contributed by atoms with van der Waals surface area (Å²) >= 11 is 3.54. The number of hydrogen-bond acceptors (Lipinski definition) is 3. The normalized spacial score (nSPS) is 14.2. The van der Waals surface area contributed by atoms with E-state index in [4.69, 9.17) is 4.74 Å². The minimum Gasteiger partial charge on any atom is -0.494 e. The second kappa shape index (κ2) is 5.35. The molecule has 0 saturated heterocycles. The van der Waals surface area contributed by atoms with Crippen LogP contribution in [0.15, 0.2) is 28.9 Å². The monoisotopic (exact) mass is 321 g/mol. The molecule has 5 heteroatoms. The van der Waals surface area contributed by atoms with Crippen LogP contribution >= 0.6 is 15.9 Å². The molecule has 1 aliphatic rings. The van der Waals surface area contributed by atoms with Crippen molar-refractivity contribution in [2.75, 3.05) is 13.2 Å². The van der Waals surface area contributed by atoms with E-state index in [0.717, 1.165) is 41.4 Å². The van der Waals surface area contributed by atoms with Crippen molar-refractivity contribution in [2.24, 2.45) is 0 Å². The van der Waals surface area contributed by atoms with Gasteiger partial charge >= 0.3 is 0 Å². The zero-order chi connectivity index (χ0) is 13.2. The standard InChI is InChI=1S/C14H16BrN3O/c1-2-19-11-5-3-10(4-6-11)14-17-13(15)12-9-16-7-8-18(12)14/h3-6,16H,2,7-9H2,1H3. The molecule has 4 nitrogen and oxygen atoms in total. The van der Waals surface area contributed by atoms with E-state index in [1.54, 1.807) is 0 Å². The summed E-state index contributed by atoms with van der Waals surface area (Å²) in [6, 6.07) is 8.12. The highest BCUT2D eigenvalue weighted by molar-refractivity contribution is 9.10. The summed E-state index contributed by atoms with van der Waals surface area (Å²) in [5.41, 5.74) is 2.34. The summed E-state index contributed by atoms with van der Waals surface area (Å²) in [6.07, 6.45) is 0. The highest BCUT2D eigenvalue weighted by Crippen LogP contribution is 2.28. The lowest BCUT2D eigenvalue weighted by atomic mass is 10.2. The van der Waals surface area contributed by atoms with Gasteiger partial charge in [0.1, 0.15) is 16.2 Å². The van der Waals surface area contributed by atoms with Crippen LogP contribution < -0.4 is 10.1 Å². The van der Waals surface area contributed by atoms with Crippen LogP contribution in [0.5, 0.6) is 5.75 Å². The molecule has 1 N–H and O–H groups in total. The number of imidazole rings is 1. The summed E-state index contributed by atoms with van der Waals surface area (Å²) in [5, 5.41) is 3.36. The van der Waals surface area contributed by atoms with Crippen molar-refractivity contribution in [1.82, 2.24) is 14.9 Å². The lowest BCUT2D eigenvalue weighted by molar-refractivity contribution is 0.340. The maximum Gasteiger partial charge on any atom is 0.141 e. The zero-order valence-electron chi connectivity index (χ0n) is 10.8. The summed E-state index contributed by atoms with van der Waals surface area (Å²) < 4.78 is 8.68. The van der Waals surface area contributed by atoms with Gasteiger partial charge in [-0.15, -0.1) is 0 Å². The van der Waals surface area contributed by atoms with Gasteiger partial charge < -0.3 is 14.6 Å². The van der Waals surface area contributed by atoms with E-state index in [0.29, 0.717) is 6.61 Å². The van der Waals surface area contributed by atoms with Gasteiger partial charge in [-0.2, -0.15) is 0 Å². The molecule has 0 fully saturated rings. The molecule has 1 aromatic heterocycles. The third kappa shape index (κ3) is 2.40. The first-order valence-corrected chi connectivity index (χ1v) is 7.27. The van der Waals surface area contributed by atoms with Crippen LogP contribution in [0.3, 0.4) is 0 Å². The number of ether oxygens (including phenoxy) is 1. The lowest BCUT2D eigenvalue weighted by Gasteiger charge is -2.18. The topological polar surface area (TPSA) is 39.1 Å². The number of fused-ring (bicyclic) bond motifs is 1. The van der Waals surface area contributed by atoms with Crippen LogP contribution in [0.2, 0.25) is 0 Å². The first-order chi connectivity index (χ1) is 9.29. The van der Waals surface area contributed by atoms with Crippen LogP contribution in [0.25, 0.3) is 11.4 Å². The highest BCUT2D eigenvalue weighted by Gasteiger charge is 2.19. The molecule has 0 radical (unpaired) electrons. The van der Waals surface area contributed by atoms with E-state index in [9.17, 15) is 0 Å². The van der Waals surface area contributed by atoms with Gasteiger partial charge in [0, 0.05) is 25.2 Å². The van der Waals surface area contributed by atoms with E-state index in [1.165, 1.54) is 5.69 Å². The van der Waals surface area contributed by atoms with Crippen molar-refractivity contribution < 1.29 is 4.74 Å². The van der Waals surface area contributed by atoms with Crippen LogP contribution in [0.4, 0.5) is 0 Å². The van der Waals surface area contributed by atoms with Crippen LogP contribution in [0, 0.1) is 0 Å². The van der Waals surface area contributed by atoms with Crippen molar-refractivity contribution in [3.63, 3.8) is 0 Å². The maximum atomic E-state index is 5.47. The Bertz CT molecular complexity index is 577. The minimum atomic E-state index is 0.690. The van der Waals surface area contributed by atoms with E-state index < -0.39 is 0 Å². The largest absolute Gasteiger partial charge is 0.494 e. The predicted octanol–water partition coefficient (Wildman–Crippen LogP) is 2.81. The predicted molar refractivity (Wildman–Crippen MR) is 78.2 cm³/mol. The van der Waals surface area contributed by atoms with Gasteiger partial charge in [-0.3, -0.25) is 0 Å². The van der Waals surface area contributed by atoms with Gasteiger partial charge in [-0.05, 0) is 47.1 Å². The molecule has 0 aliphatic carbocycles. The van der Waals surface area contributed by atoms with Crippen molar-refractivity contribution in [2.45, 2.75) is 20.0 Å². The highest BCUT2D eigenvalue weighted by atomic mass is 79.9. The second-order valence-corrected chi connectivity index (χ2v) is 5.21. The Hall–Kier alpha value is -1.33. The molecule has 0 atom stereocenters. The van der Waals surface area contributed by atoms with E-state index in [-0.39, 0.29) is 0 Å². The molecule has 3 rings (SSSR count). The summed E-state index contributed by atoms with van der Waals surface area (Å²) in [4.78, 5) is 4.64. The number of aromatic nitrogens is 2. The molecule has 0 unspecified atom stereocenters. The Morgan fingerprint density at radius 3 is 2.89 bits per heavy atom. The smallest absolute Gasteiger partial charge is 0.141 e. The molecule has 2 heterocycles. The van der Waals surface area contributed by atoms with Gasteiger partial charge in [0.25, 0.3) is 0 Å². The first kappa shape index (κ1) is 12.7. The summed E-state index contributed by atoms with van der Waals surface area (Å²) in [7, 11) is 0. The quantitative estimate of drug-likeness (QED) is 0.944. The maximum absolute atomic E-state index is 5.47. The van der Waals surface area contributed by atoms with Gasteiger partial charge in [0.15, 0.2) is 0 Å². The molecule has 0 saturated carbocycles. The average molecular weight is 322 g/mol. The fraction of sp³-hybridized carbons (Fsp3) is 0.357. The summed E-state index contributed by atoms with van der Waals surface area (Å²) in [5.74, 6) is 1.92. The molecule has 0 amide bonds. The third-order valence-corrected chi connectivity index (χ3v) is 3.89. The molecular weight excluding hydrogens is 306 g/mol. The van der Waals surface area contributed by atoms with E-state index in [2.05, 4.69) is 42.9 Å². The Labute approximate surface area is 120 Å². The van der Waals surface area contributed by atoms with E-state index >= 15 is 0 Å². The van der Waals surface area contributed by atoms with Gasteiger partial charge in [0.2, 0.25) is 0 Å². The van der Waals surface area contributed by atoms with Gasteiger partial charge in [-0.25, -0.2) is 4.98 Å².